The quantitative estimate of drug-likeness (QED) is 0.748. The zero-order valence-corrected chi connectivity index (χ0v) is 16.2. The van der Waals surface area contributed by atoms with E-state index in [0.29, 0.717) is 12.8 Å². The highest BCUT2D eigenvalue weighted by molar-refractivity contribution is 7.89. The molecule has 0 spiro atoms. The molecule has 7 nitrogen and oxygen atoms in total. The Labute approximate surface area is 155 Å². The van der Waals surface area contributed by atoms with Crippen LogP contribution in [-0.2, 0) is 14.8 Å². The van der Waals surface area contributed by atoms with E-state index in [-0.39, 0.29) is 17.9 Å². The van der Waals surface area contributed by atoms with Crippen molar-refractivity contribution in [3.8, 4) is 0 Å². The molecule has 1 unspecified atom stereocenters. The van der Waals surface area contributed by atoms with Crippen molar-refractivity contribution in [1.82, 2.24) is 4.31 Å². The molecule has 3 N–H and O–H groups in total. The molecule has 8 heteroatoms. The Bertz CT molecular complexity index is 712. The average molecular weight is 384 g/mol. The van der Waals surface area contributed by atoms with Gasteiger partial charge in [0, 0.05) is 7.05 Å². The van der Waals surface area contributed by atoms with Crippen LogP contribution in [0, 0.1) is 6.92 Å². The molecular weight excluding hydrogens is 356 g/mol. The lowest BCUT2D eigenvalue weighted by Gasteiger charge is -2.37. The smallest absolute Gasteiger partial charge is 0.404 e. The molecule has 0 saturated heterocycles. The topological polar surface area (TPSA) is 110 Å². The summed E-state index contributed by atoms with van der Waals surface area (Å²) in [5.74, 6) is 0. The fourth-order valence-corrected chi connectivity index (χ4v) is 4.74. The molecule has 0 bridgehead atoms. The maximum absolute atomic E-state index is 12.9. The van der Waals surface area contributed by atoms with Crippen LogP contribution >= 0.6 is 0 Å². The molecular formula is C18H28N2O5S. The molecule has 1 aliphatic rings. The first-order chi connectivity index (χ1) is 12.1. The summed E-state index contributed by atoms with van der Waals surface area (Å²) in [7, 11) is -2.35. The third kappa shape index (κ3) is 5.18. The number of nitrogens with two attached hydrogens (primary N) is 1. The van der Waals surface area contributed by atoms with Crippen molar-refractivity contribution in [3.05, 3.63) is 29.8 Å². The standard InChI is InChI=1S/C18H28N2O5S/c1-14-6-8-16(9-7-14)26(23,24)20(2)15(13-25-17(19)21)12-18(22)10-4-3-5-11-18/h6-9,15,22H,3-5,10-13H2,1-2H3,(H2,19,21). The van der Waals surface area contributed by atoms with Crippen molar-refractivity contribution in [2.24, 2.45) is 5.73 Å². The molecule has 1 fully saturated rings. The van der Waals surface area contributed by atoms with Crippen molar-refractivity contribution in [2.45, 2.75) is 62.0 Å². The second kappa shape index (κ2) is 8.37. The summed E-state index contributed by atoms with van der Waals surface area (Å²) in [5.41, 5.74) is 5.05. The third-order valence-electron chi connectivity index (χ3n) is 5.03. The first kappa shape index (κ1) is 20.7. The Kier molecular flexibility index (Phi) is 6.65. The van der Waals surface area contributed by atoms with Gasteiger partial charge in [0.2, 0.25) is 10.0 Å². The van der Waals surface area contributed by atoms with Gasteiger partial charge in [-0.05, 0) is 38.3 Å². The van der Waals surface area contributed by atoms with Gasteiger partial charge >= 0.3 is 6.09 Å². The summed E-state index contributed by atoms with van der Waals surface area (Å²) in [6, 6.07) is 5.84. The number of aliphatic hydroxyl groups is 1. The molecule has 0 radical (unpaired) electrons. The molecule has 0 aliphatic heterocycles. The number of ether oxygens (including phenoxy) is 1. The van der Waals surface area contributed by atoms with E-state index in [1.54, 1.807) is 24.3 Å². The minimum atomic E-state index is -3.79. The number of sulfonamides is 1. The third-order valence-corrected chi connectivity index (χ3v) is 6.95. The van der Waals surface area contributed by atoms with E-state index in [4.69, 9.17) is 10.5 Å². The normalized spacial score (nSPS) is 18.5. The number of aryl methyl sites for hydroxylation is 1. The fraction of sp³-hybridized carbons (Fsp3) is 0.611. The molecule has 0 heterocycles. The zero-order valence-electron chi connectivity index (χ0n) is 15.3. The second-order valence-electron chi connectivity index (χ2n) is 7.11. The van der Waals surface area contributed by atoms with Gasteiger partial charge in [-0.25, -0.2) is 13.2 Å². The van der Waals surface area contributed by atoms with Gasteiger partial charge < -0.3 is 15.6 Å². The fourth-order valence-electron chi connectivity index (χ4n) is 3.40. The maximum Gasteiger partial charge on any atom is 0.404 e. The van der Waals surface area contributed by atoms with E-state index < -0.39 is 27.8 Å². The van der Waals surface area contributed by atoms with E-state index in [1.165, 1.54) is 11.4 Å². The monoisotopic (exact) mass is 384 g/mol. The van der Waals surface area contributed by atoms with Crippen molar-refractivity contribution >= 4 is 16.1 Å². The van der Waals surface area contributed by atoms with Gasteiger partial charge in [-0.3, -0.25) is 0 Å². The van der Waals surface area contributed by atoms with Gasteiger partial charge in [0.25, 0.3) is 0 Å². The summed E-state index contributed by atoms with van der Waals surface area (Å²) in [6.45, 7) is 1.68. The first-order valence-electron chi connectivity index (χ1n) is 8.83. The summed E-state index contributed by atoms with van der Waals surface area (Å²) >= 11 is 0. The summed E-state index contributed by atoms with van der Waals surface area (Å²) in [6.07, 6.45) is 3.30. The molecule has 26 heavy (non-hydrogen) atoms. The molecule has 1 aliphatic carbocycles. The Morgan fingerprint density at radius 3 is 2.38 bits per heavy atom. The van der Waals surface area contributed by atoms with Gasteiger partial charge in [-0.15, -0.1) is 0 Å². The average Bonchev–Trinajstić information content (AvgIpc) is 2.58. The summed E-state index contributed by atoms with van der Waals surface area (Å²) in [5, 5.41) is 10.8. The van der Waals surface area contributed by atoms with Gasteiger partial charge in [0.1, 0.15) is 6.61 Å². The largest absolute Gasteiger partial charge is 0.448 e. The number of nitrogens with zero attached hydrogens (tertiary/aromatic N) is 1. The van der Waals surface area contributed by atoms with Crippen molar-refractivity contribution in [1.29, 1.82) is 0 Å². The second-order valence-corrected chi connectivity index (χ2v) is 9.10. The van der Waals surface area contributed by atoms with Crippen LogP contribution in [0.5, 0.6) is 0 Å². The molecule has 1 aromatic rings. The van der Waals surface area contributed by atoms with Crippen LogP contribution in [0.3, 0.4) is 0 Å². The zero-order chi connectivity index (χ0) is 19.4. The predicted octanol–water partition coefficient (Wildman–Crippen LogP) is 2.16. The minimum Gasteiger partial charge on any atom is -0.448 e. The number of amides is 1. The lowest BCUT2D eigenvalue weighted by atomic mass is 9.80. The highest BCUT2D eigenvalue weighted by atomic mass is 32.2. The first-order valence-corrected chi connectivity index (χ1v) is 10.3. The SMILES string of the molecule is Cc1ccc(S(=O)(=O)N(C)C(COC(N)=O)CC2(O)CCCCC2)cc1. The highest BCUT2D eigenvalue weighted by Crippen LogP contribution is 2.33. The number of likely N-dealkylation sites (N-methyl/N-ethyl adjacent to an activating group) is 1. The molecule has 1 atom stereocenters. The Morgan fingerprint density at radius 1 is 1.27 bits per heavy atom. The van der Waals surface area contributed by atoms with Crippen LogP contribution in [0.1, 0.15) is 44.1 Å². The number of carbonyl (C=O) groups is 1. The maximum atomic E-state index is 12.9. The number of carbonyl (C=O) groups excluding carboxylic acids is 1. The molecule has 1 amide bonds. The Balaban J connectivity index is 2.24. The van der Waals surface area contributed by atoms with E-state index in [1.807, 2.05) is 6.92 Å². The molecule has 1 aromatic carbocycles. The van der Waals surface area contributed by atoms with E-state index >= 15 is 0 Å². The lowest BCUT2D eigenvalue weighted by molar-refractivity contribution is -0.0249. The number of benzene rings is 1. The van der Waals surface area contributed by atoms with E-state index in [9.17, 15) is 18.3 Å². The Hall–Kier alpha value is -1.64. The van der Waals surface area contributed by atoms with Crippen molar-refractivity contribution in [3.63, 3.8) is 0 Å². The Morgan fingerprint density at radius 2 is 1.85 bits per heavy atom. The summed E-state index contributed by atoms with van der Waals surface area (Å²) in [4.78, 5) is 11.2. The van der Waals surface area contributed by atoms with E-state index in [2.05, 4.69) is 0 Å². The van der Waals surface area contributed by atoms with Crippen LogP contribution in [-0.4, -0.2) is 49.2 Å². The summed E-state index contributed by atoms with van der Waals surface area (Å²) < 4.78 is 32.0. The van der Waals surface area contributed by atoms with Gasteiger partial charge in [0.15, 0.2) is 0 Å². The van der Waals surface area contributed by atoms with Crippen molar-refractivity contribution < 1.29 is 23.1 Å². The van der Waals surface area contributed by atoms with Crippen LogP contribution in [0.15, 0.2) is 29.2 Å². The number of hydrogen-bond donors (Lipinski definition) is 2. The van der Waals surface area contributed by atoms with Crippen LogP contribution in [0.2, 0.25) is 0 Å². The minimum absolute atomic E-state index is 0.158. The predicted molar refractivity (Wildman–Crippen MR) is 98.1 cm³/mol. The molecule has 1 saturated carbocycles. The van der Waals surface area contributed by atoms with Gasteiger partial charge in [-0.1, -0.05) is 37.0 Å². The lowest BCUT2D eigenvalue weighted by Crippen LogP contribution is -2.47. The van der Waals surface area contributed by atoms with Crippen LogP contribution in [0.25, 0.3) is 0 Å². The number of rotatable bonds is 7. The van der Waals surface area contributed by atoms with Crippen LogP contribution < -0.4 is 5.73 Å². The highest BCUT2D eigenvalue weighted by Gasteiger charge is 2.37. The molecule has 146 valence electrons. The van der Waals surface area contributed by atoms with Crippen molar-refractivity contribution in [2.75, 3.05) is 13.7 Å². The van der Waals surface area contributed by atoms with Crippen LogP contribution in [0.4, 0.5) is 4.79 Å². The van der Waals surface area contributed by atoms with Gasteiger partial charge in [-0.2, -0.15) is 4.31 Å². The molecule has 0 aromatic heterocycles. The number of primary amides is 1. The number of hydrogen-bond acceptors (Lipinski definition) is 5. The molecule has 2 rings (SSSR count). The van der Waals surface area contributed by atoms with E-state index in [0.717, 1.165) is 24.8 Å². The van der Waals surface area contributed by atoms with Gasteiger partial charge in [0.05, 0.1) is 16.5 Å².